The standard InChI is InChI=1S/C22H32ClNO2/c1-4-7-20(25)26-22-12-6-5-11-21(22,14-15-24(2)3)19-16-18(23)9-8-17(19)10-13-22/h8-9,16H,4-7,10-15H2,1-3H3/t21-,22+/m0/s1. The minimum atomic E-state index is -0.370. The molecule has 26 heavy (non-hydrogen) atoms. The maximum absolute atomic E-state index is 12.6. The zero-order valence-corrected chi connectivity index (χ0v) is 17.2. The molecule has 0 heterocycles. The number of halogens is 1. The number of benzene rings is 1. The molecule has 1 aromatic carbocycles. The molecule has 0 amide bonds. The first-order chi connectivity index (χ1) is 12.4. The van der Waals surface area contributed by atoms with Crippen LogP contribution >= 0.6 is 11.6 Å². The molecule has 1 saturated carbocycles. The van der Waals surface area contributed by atoms with Crippen molar-refractivity contribution in [2.75, 3.05) is 20.6 Å². The highest BCUT2D eigenvalue weighted by atomic mass is 35.5. The van der Waals surface area contributed by atoms with Crippen molar-refractivity contribution in [2.24, 2.45) is 0 Å². The monoisotopic (exact) mass is 377 g/mol. The third kappa shape index (κ3) is 3.53. The maximum atomic E-state index is 12.6. The van der Waals surface area contributed by atoms with E-state index in [9.17, 15) is 4.79 Å². The lowest BCUT2D eigenvalue weighted by molar-refractivity contribution is -0.179. The highest BCUT2D eigenvalue weighted by Gasteiger charge is 2.58. The SMILES string of the molecule is CCCC(=O)O[C@@]12CCCC[C@]1(CCN(C)C)c1cc(Cl)ccc1CC2. The van der Waals surface area contributed by atoms with Crippen molar-refractivity contribution in [3.8, 4) is 0 Å². The minimum Gasteiger partial charge on any atom is -0.458 e. The van der Waals surface area contributed by atoms with Crippen molar-refractivity contribution in [2.45, 2.75) is 75.7 Å². The Kier molecular flexibility index (Phi) is 5.98. The van der Waals surface area contributed by atoms with Crippen LogP contribution in [0, 0.1) is 0 Å². The molecule has 0 radical (unpaired) electrons. The third-order valence-electron chi connectivity index (χ3n) is 6.44. The summed E-state index contributed by atoms with van der Waals surface area (Å²) in [5, 5.41) is 0.786. The lowest BCUT2D eigenvalue weighted by Crippen LogP contribution is -2.59. The fourth-order valence-electron chi connectivity index (χ4n) is 5.17. The average Bonchev–Trinajstić information content (AvgIpc) is 2.60. The largest absolute Gasteiger partial charge is 0.458 e. The van der Waals surface area contributed by atoms with E-state index in [1.165, 1.54) is 17.5 Å². The van der Waals surface area contributed by atoms with E-state index >= 15 is 0 Å². The first-order valence-electron chi connectivity index (χ1n) is 10.1. The van der Waals surface area contributed by atoms with Crippen LogP contribution in [-0.4, -0.2) is 37.1 Å². The quantitative estimate of drug-likeness (QED) is 0.643. The molecule has 1 aromatic rings. The molecule has 0 aromatic heterocycles. The van der Waals surface area contributed by atoms with Crippen molar-refractivity contribution in [1.82, 2.24) is 4.90 Å². The van der Waals surface area contributed by atoms with Gasteiger partial charge >= 0.3 is 5.97 Å². The van der Waals surface area contributed by atoms with Gasteiger partial charge in [-0.1, -0.05) is 31.0 Å². The summed E-state index contributed by atoms with van der Waals surface area (Å²) in [4.78, 5) is 14.8. The Morgan fingerprint density at radius 3 is 2.73 bits per heavy atom. The molecular weight excluding hydrogens is 346 g/mol. The molecule has 2 aliphatic carbocycles. The lowest BCUT2D eigenvalue weighted by Gasteiger charge is -2.56. The van der Waals surface area contributed by atoms with Gasteiger partial charge in [-0.3, -0.25) is 4.79 Å². The smallest absolute Gasteiger partial charge is 0.306 e. The van der Waals surface area contributed by atoms with Crippen LogP contribution < -0.4 is 0 Å². The summed E-state index contributed by atoms with van der Waals surface area (Å²) in [6.45, 7) is 3.02. The molecule has 2 aliphatic rings. The third-order valence-corrected chi connectivity index (χ3v) is 6.68. The molecule has 144 valence electrons. The van der Waals surface area contributed by atoms with Gasteiger partial charge in [0, 0.05) is 16.9 Å². The molecule has 0 spiro atoms. The van der Waals surface area contributed by atoms with Gasteiger partial charge in [0.15, 0.2) is 0 Å². The summed E-state index contributed by atoms with van der Waals surface area (Å²) >= 11 is 6.42. The van der Waals surface area contributed by atoms with Crippen LogP contribution in [0.15, 0.2) is 18.2 Å². The fourth-order valence-corrected chi connectivity index (χ4v) is 5.34. The molecule has 3 nitrogen and oxygen atoms in total. The summed E-state index contributed by atoms with van der Waals surface area (Å²) in [7, 11) is 4.23. The van der Waals surface area contributed by atoms with Gasteiger partial charge in [0.2, 0.25) is 0 Å². The second-order valence-corrected chi connectivity index (χ2v) is 8.80. The number of hydrogen-bond donors (Lipinski definition) is 0. The summed E-state index contributed by atoms with van der Waals surface area (Å²) in [6.07, 6.45) is 8.63. The second kappa shape index (κ2) is 7.90. The van der Waals surface area contributed by atoms with Gasteiger partial charge < -0.3 is 9.64 Å². The van der Waals surface area contributed by atoms with Crippen molar-refractivity contribution < 1.29 is 9.53 Å². The molecule has 0 N–H and O–H groups in total. The first-order valence-corrected chi connectivity index (χ1v) is 10.5. The maximum Gasteiger partial charge on any atom is 0.306 e. The molecule has 2 atom stereocenters. The number of ether oxygens (including phenoxy) is 1. The van der Waals surface area contributed by atoms with Crippen LogP contribution in [0.2, 0.25) is 5.02 Å². The number of esters is 1. The Labute approximate surface area is 163 Å². The number of aryl methyl sites for hydroxylation is 1. The number of nitrogens with zero attached hydrogens (tertiary/aromatic N) is 1. The normalized spacial score (nSPS) is 27.7. The predicted octanol–water partition coefficient (Wildman–Crippen LogP) is 5.13. The number of hydrogen-bond acceptors (Lipinski definition) is 3. The summed E-state index contributed by atoms with van der Waals surface area (Å²) in [6, 6.07) is 6.33. The topological polar surface area (TPSA) is 29.5 Å². The summed E-state index contributed by atoms with van der Waals surface area (Å²) in [5.41, 5.74) is 2.24. The molecule has 3 rings (SSSR count). The van der Waals surface area contributed by atoms with Crippen molar-refractivity contribution in [3.05, 3.63) is 34.3 Å². The molecule has 4 heteroatoms. The number of carbonyl (C=O) groups excluding carboxylic acids is 1. The van der Waals surface area contributed by atoms with Gasteiger partial charge in [-0.15, -0.1) is 0 Å². The van der Waals surface area contributed by atoms with E-state index in [0.29, 0.717) is 6.42 Å². The van der Waals surface area contributed by atoms with E-state index in [1.807, 2.05) is 13.0 Å². The van der Waals surface area contributed by atoms with Crippen molar-refractivity contribution in [1.29, 1.82) is 0 Å². The summed E-state index contributed by atoms with van der Waals surface area (Å²) in [5.74, 6) is -0.0332. The minimum absolute atomic E-state index is 0.0332. The van der Waals surface area contributed by atoms with Crippen LogP contribution in [0.3, 0.4) is 0 Å². The van der Waals surface area contributed by atoms with Crippen molar-refractivity contribution in [3.63, 3.8) is 0 Å². The Morgan fingerprint density at radius 1 is 1.23 bits per heavy atom. The zero-order valence-electron chi connectivity index (χ0n) is 16.4. The fraction of sp³-hybridized carbons (Fsp3) is 0.682. The van der Waals surface area contributed by atoms with Crippen LogP contribution in [-0.2, 0) is 21.4 Å². The van der Waals surface area contributed by atoms with Gasteiger partial charge in [0.1, 0.15) is 5.60 Å². The Bertz CT molecular complexity index is 660. The lowest BCUT2D eigenvalue weighted by atomic mass is 9.53. The highest BCUT2D eigenvalue weighted by Crippen LogP contribution is 2.57. The second-order valence-electron chi connectivity index (χ2n) is 8.36. The Hall–Kier alpha value is -1.06. The van der Waals surface area contributed by atoms with Gasteiger partial charge in [-0.2, -0.15) is 0 Å². The van der Waals surface area contributed by atoms with E-state index in [4.69, 9.17) is 16.3 Å². The van der Waals surface area contributed by atoms with Crippen LogP contribution in [0.4, 0.5) is 0 Å². The van der Waals surface area contributed by atoms with E-state index in [-0.39, 0.29) is 17.0 Å². The Balaban J connectivity index is 2.08. The first kappa shape index (κ1) is 19.7. The number of rotatable bonds is 6. The Morgan fingerprint density at radius 2 is 2.00 bits per heavy atom. The van der Waals surface area contributed by atoms with Crippen LogP contribution in [0.25, 0.3) is 0 Å². The van der Waals surface area contributed by atoms with Gasteiger partial charge in [0.25, 0.3) is 0 Å². The molecule has 0 saturated heterocycles. The molecule has 0 bridgehead atoms. The highest BCUT2D eigenvalue weighted by molar-refractivity contribution is 6.30. The van der Waals surface area contributed by atoms with Crippen LogP contribution in [0.1, 0.15) is 69.4 Å². The molecule has 0 aliphatic heterocycles. The molecular formula is C22H32ClNO2. The van der Waals surface area contributed by atoms with E-state index < -0.39 is 0 Å². The average molecular weight is 378 g/mol. The van der Waals surface area contributed by atoms with E-state index in [2.05, 4.69) is 31.1 Å². The van der Waals surface area contributed by atoms with Gasteiger partial charge in [0.05, 0.1) is 0 Å². The number of fused-ring (bicyclic) bond motifs is 3. The molecule has 0 unspecified atom stereocenters. The zero-order chi connectivity index (χ0) is 18.8. The summed E-state index contributed by atoms with van der Waals surface area (Å²) < 4.78 is 6.36. The van der Waals surface area contributed by atoms with E-state index in [1.54, 1.807) is 0 Å². The van der Waals surface area contributed by atoms with Gasteiger partial charge in [-0.25, -0.2) is 0 Å². The van der Waals surface area contributed by atoms with Crippen molar-refractivity contribution >= 4 is 17.6 Å². The predicted molar refractivity (Wildman–Crippen MR) is 107 cm³/mol. The van der Waals surface area contributed by atoms with Gasteiger partial charge in [-0.05, 0) is 88.8 Å². The van der Waals surface area contributed by atoms with Crippen LogP contribution in [0.5, 0.6) is 0 Å². The van der Waals surface area contributed by atoms with E-state index in [0.717, 1.165) is 56.5 Å². The number of carbonyl (C=O) groups is 1. The molecule has 1 fully saturated rings.